The van der Waals surface area contributed by atoms with Crippen LogP contribution < -0.4 is 0 Å². The number of ketones is 1. The number of cyclic esters (lactones) is 2. The number of nitrogens with zero attached hydrogens (tertiary/aromatic N) is 1. The number of hydrogen-bond acceptors (Lipinski definition) is 8. The van der Waals surface area contributed by atoms with Crippen LogP contribution in [0.3, 0.4) is 0 Å². The molecule has 4 rings (SSSR count). The van der Waals surface area contributed by atoms with Gasteiger partial charge in [-0.2, -0.15) is 0 Å². The van der Waals surface area contributed by atoms with E-state index in [9.17, 15) is 24.5 Å². The largest absolute Gasteiger partial charge is 0.469 e. The van der Waals surface area contributed by atoms with E-state index in [0.29, 0.717) is 11.3 Å². The molecule has 0 amide bonds. The molecule has 9 nitrogen and oxygen atoms in total. The monoisotopic (exact) mass is 413 g/mol. The number of nitro groups is 1. The number of ether oxygens (including phenoxy) is 2. The third-order valence-corrected chi connectivity index (χ3v) is 5.71. The van der Waals surface area contributed by atoms with E-state index in [4.69, 9.17) is 13.9 Å². The van der Waals surface area contributed by atoms with Crippen molar-refractivity contribution in [2.24, 2.45) is 5.41 Å². The van der Waals surface area contributed by atoms with Gasteiger partial charge in [-0.05, 0) is 17.7 Å². The van der Waals surface area contributed by atoms with Gasteiger partial charge in [-0.15, -0.1) is 0 Å². The first-order valence-corrected chi connectivity index (χ1v) is 9.41. The van der Waals surface area contributed by atoms with Gasteiger partial charge in [0.25, 0.3) is 11.5 Å². The zero-order chi connectivity index (χ0) is 21.7. The zero-order valence-corrected chi connectivity index (χ0v) is 16.3. The molecule has 0 unspecified atom stereocenters. The Hall–Kier alpha value is -3.49. The van der Waals surface area contributed by atoms with Gasteiger partial charge in [-0.1, -0.05) is 12.1 Å². The minimum absolute atomic E-state index is 0.0956. The lowest BCUT2D eigenvalue weighted by molar-refractivity contribution is -0.384. The van der Waals surface area contributed by atoms with Crippen LogP contribution in [0, 0.1) is 15.5 Å². The molecule has 2 heterocycles. The summed E-state index contributed by atoms with van der Waals surface area (Å²) >= 11 is 0. The van der Waals surface area contributed by atoms with E-state index >= 15 is 0 Å². The summed E-state index contributed by atoms with van der Waals surface area (Å²) in [4.78, 5) is 49.9. The average molecular weight is 413 g/mol. The van der Waals surface area contributed by atoms with E-state index in [1.807, 2.05) is 0 Å². The Morgan fingerprint density at radius 3 is 2.10 bits per heavy atom. The molecule has 1 aromatic heterocycles. The molecule has 0 N–H and O–H groups in total. The van der Waals surface area contributed by atoms with Crippen molar-refractivity contribution in [1.29, 1.82) is 0 Å². The summed E-state index contributed by atoms with van der Waals surface area (Å²) in [7, 11) is 0. The van der Waals surface area contributed by atoms with Crippen molar-refractivity contribution in [3.63, 3.8) is 0 Å². The highest BCUT2D eigenvalue weighted by molar-refractivity contribution is 6.06. The van der Waals surface area contributed by atoms with Crippen LogP contribution in [0.4, 0.5) is 5.69 Å². The summed E-state index contributed by atoms with van der Waals surface area (Å²) in [6.45, 7) is 2.90. The fourth-order valence-corrected chi connectivity index (χ4v) is 4.42. The molecule has 2 aliphatic rings. The third kappa shape index (κ3) is 2.97. The molecule has 1 saturated heterocycles. The van der Waals surface area contributed by atoms with Crippen molar-refractivity contribution in [1.82, 2.24) is 0 Å². The van der Waals surface area contributed by atoms with Crippen molar-refractivity contribution in [3.8, 4) is 0 Å². The predicted octanol–water partition coefficient (Wildman–Crippen LogP) is 3.24. The van der Waals surface area contributed by atoms with Crippen molar-refractivity contribution in [2.75, 3.05) is 0 Å². The summed E-state index contributed by atoms with van der Waals surface area (Å²) in [5, 5.41) is 11.0. The van der Waals surface area contributed by atoms with Crippen LogP contribution in [-0.4, -0.2) is 28.4 Å². The molecule has 2 atom stereocenters. The molecule has 1 aliphatic heterocycles. The van der Waals surface area contributed by atoms with Crippen molar-refractivity contribution >= 4 is 23.4 Å². The molecule has 2 fully saturated rings. The highest BCUT2D eigenvalue weighted by atomic mass is 16.7. The van der Waals surface area contributed by atoms with Gasteiger partial charge < -0.3 is 13.9 Å². The Labute approximate surface area is 171 Å². The molecule has 1 spiro atoms. The summed E-state index contributed by atoms with van der Waals surface area (Å²) in [6, 6.07) is 8.64. The molecule has 1 aromatic carbocycles. The van der Waals surface area contributed by atoms with Gasteiger partial charge in [0.05, 0.1) is 17.1 Å². The number of non-ortho nitro benzene ring substituents is 1. The summed E-state index contributed by atoms with van der Waals surface area (Å²) < 4.78 is 16.4. The van der Waals surface area contributed by atoms with Crippen LogP contribution in [0.25, 0.3) is 0 Å². The molecule has 9 heteroatoms. The second-order valence-electron chi connectivity index (χ2n) is 7.96. The fraction of sp³-hybridized carbons (Fsp3) is 0.381. The number of benzene rings is 1. The summed E-state index contributed by atoms with van der Waals surface area (Å²) in [6.07, 6.45) is 1.19. The Morgan fingerprint density at radius 1 is 0.967 bits per heavy atom. The highest BCUT2D eigenvalue weighted by Crippen LogP contribution is 2.57. The van der Waals surface area contributed by atoms with Gasteiger partial charge in [-0.3, -0.25) is 24.5 Å². The lowest BCUT2D eigenvalue weighted by Crippen LogP contribution is -2.61. The maximum Gasteiger partial charge on any atom is 0.328 e. The smallest absolute Gasteiger partial charge is 0.328 e. The van der Waals surface area contributed by atoms with Gasteiger partial charge in [0.2, 0.25) is 0 Å². The van der Waals surface area contributed by atoms with Crippen LogP contribution >= 0.6 is 0 Å². The Kier molecular flexibility index (Phi) is 4.48. The molecule has 1 aliphatic carbocycles. The number of esters is 2. The van der Waals surface area contributed by atoms with Gasteiger partial charge >= 0.3 is 11.9 Å². The second-order valence-corrected chi connectivity index (χ2v) is 7.96. The van der Waals surface area contributed by atoms with Crippen LogP contribution in [0.15, 0.2) is 47.1 Å². The van der Waals surface area contributed by atoms with Crippen LogP contribution in [-0.2, 0) is 23.9 Å². The van der Waals surface area contributed by atoms with E-state index in [1.54, 1.807) is 12.1 Å². The maximum absolute atomic E-state index is 13.4. The summed E-state index contributed by atoms with van der Waals surface area (Å²) in [5.74, 6) is -4.79. The maximum atomic E-state index is 13.4. The Bertz CT molecular complexity index is 1000. The van der Waals surface area contributed by atoms with E-state index in [1.165, 1.54) is 44.4 Å². The minimum Gasteiger partial charge on any atom is -0.469 e. The van der Waals surface area contributed by atoms with E-state index < -0.39 is 39.9 Å². The number of carbonyl (C=O) groups excluding carboxylic acids is 3. The average Bonchev–Trinajstić information content (AvgIpc) is 3.20. The van der Waals surface area contributed by atoms with Gasteiger partial charge in [0, 0.05) is 44.7 Å². The van der Waals surface area contributed by atoms with Gasteiger partial charge in [0.1, 0.15) is 11.5 Å². The Morgan fingerprint density at radius 2 is 1.57 bits per heavy atom. The van der Waals surface area contributed by atoms with Crippen molar-refractivity contribution < 1.29 is 33.2 Å². The van der Waals surface area contributed by atoms with Crippen LogP contribution in [0.5, 0.6) is 0 Å². The quantitative estimate of drug-likeness (QED) is 0.325. The minimum atomic E-state index is -1.85. The fourth-order valence-electron chi connectivity index (χ4n) is 4.42. The molecule has 156 valence electrons. The van der Waals surface area contributed by atoms with Crippen molar-refractivity contribution in [2.45, 2.75) is 44.3 Å². The standard InChI is InChI=1S/C21H19NO8/c1-20(2)29-18(24)21(19(25)30-20)15(12-5-7-13(8-6-12)22(26)27)10-14(23)11-16(21)17-4-3-9-28-17/h3-9,15-16H,10-11H2,1-2H3/t15-,16+/m1/s1. The van der Waals surface area contributed by atoms with Crippen LogP contribution in [0.1, 0.15) is 49.8 Å². The number of carbonyl (C=O) groups is 3. The molecular weight excluding hydrogens is 394 g/mol. The SMILES string of the molecule is CC1(C)OC(=O)C2(C(=O)O1)[C@@H](c1ccc([N+](=O)[O-])cc1)CC(=O)C[C@H]2c1ccco1. The number of furan rings is 1. The topological polar surface area (TPSA) is 126 Å². The summed E-state index contributed by atoms with van der Waals surface area (Å²) in [5.41, 5.74) is -1.57. The molecule has 0 bridgehead atoms. The molecular formula is C21H19NO8. The number of Topliss-reactive ketones (excluding diaryl/α,β-unsaturated/α-hetero) is 1. The lowest BCUT2D eigenvalue weighted by Gasteiger charge is -2.49. The second kappa shape index (κ2) is 6.79. The normalized spacial score (nSPS) is 24.9. The highest BCUT2D eigenvalue weighted by Gasteiger charge is 2.68. The Balaban J connectivity index is 1.90. The first-order chi connectivity index (χ1) is 14.1. The molecule has 2 aromatic rings. The predicted molar refractivity (Wildman–Crippen MR) is 100 cm³/mol. The van der Waals surface area contributed by atoms with Gasteiger partial charge in [-0.25, -0.2) is 0 Å². The first kappa shape index (κ1) is 19.8. The lowest BCUT2D eigenvalue weighted by atomic mass is 9.56. The van der Waals surface area contributed by atoms with Crippen LogP contribution in [0.2, 0.25) is 0 Å². The van der Waals surface area contributed by atoms with E-state index in [0.717, 1.165) is 0 Å². The molecule has 1 saturated carbocycles. The zero-order valence-electron chi connectivity index (χ0n) is 16.3. The van der Waals surface area contributed by atoms with Gasteiger partial charge in [0.15, 0.2) is 5.41 Å². The number of rotatable bonds is 3. The first-order valence-electron chi connectivity index (χ1n) is 9.41. The molecule has 30 heavy (non-hydrogen) atoms. The van der Waals surface area contributed by atoms with E-state index in [-0.39, 0.29) is 24.3 Å². The third-order valence-electron chi connectivity index (χ3n) is 5.71. The number of hydrogen-bond donors (Lipinski definition) is 0. The molecule has 0 radical (unpaired) electrons. The number of nitro benzene ring substituents is 1. The van der Waals surface area contributed by atoms with E-state index in [2.05, 4.69) is 0 Å². The van der Waals surface area contributed by atoms with Crippen molar-refractivity contribution in [3.05, 3.63) is 64.1 Å².